The fourth-order valence-corrected chi connectivity index (χ4v) is 4.98. The minimum atomic E-state index is -3.81. The number of benzene rings is 1. The molecule has 0 saturated heterocycles. The summed E-state index contributed by atoms with van der Waals surface area (Å²) in [7, 11) is -3.81. The number of esters is 1. The Morgan fingerprint density at radius 3 is 2.50 bits per heavy atom. The highest BCUT2D eigenvalue weighted by Gasteiger charge is 2.29. The zero-order valence-electron chi connectivity index (χ0n) is 11.7. The average Bonchev–Trinajstić information content (AvgIpc) is 2.93. The van der Waals surface area contributed by atoms with E-state index >= 15 is 0 Å². The smallest absolute Gasteiger partial charge is 0.328 e. The van der Waals surface area contributed by atoms with Crippen molar-refractivity contribution in [2.24, 2.45) is 0 Å². The second-order valence-corrected chi connectivity index (χ2v) is 8.68. The number of nitrogens with one attached hydrogen (secondary N) is 1. The molecule has 0 radical (unpaired) electrons. The maximum absolute atomic E-state index is 12.4. The molecule has 0 bridgehead atoms. The van der Waals surface area contributed by atoms with Crippen molar-refractivity contribution in [2.45, 2.75) is 17.2 Å². The summed E-state index contributed by atoms with van der Waals surface area (Å²) < 4.78 is 33.0. The van der Waals surface area contributed by atoms with Gasteiger partial charge in [-0.1, -0.05) is 30.3 Å². The Hall–Kier alpha value is -1.22. The van der Waals surface area contributed by atoms with Crippen LogP contribution >= 0.6 is 27.3 Å². The highest BCUT2D eigenvalue weighted by Crippen LogP contribution is 2.27. The predicted molar refractivity (Wildman–Crippen MR) is 88.2 cm³/mol. The van der Waals surface area contributed by atoms with Gasteiger partial charge in [0.1, 0.15) is 10.3 Å². The largest absolute Gasteiger partial charge is 0.465 e. The minimum absolute atomic E-state index is 0.129. The van der Waals surface area contributed by atoms with Gasteiger partial charge in [0, 0.05) is 0 Å². The van der Waals surface area contributed by atoms with Crippen LogP contribution in [0, 0.1) is 0 Å². The number of hydrogen-bond acceptors (Lipinski definition) is 5. The Bertz CT molecular complexity index is 743. The molecule has 22 heavy (non-hydrogen) atoms. The van der Waals surface area contributed by atoms with Crippen LogP contribution in [-0.2, 0) is 19.6 Å². The lowest BCUT2D eigenvalue weighted by Crippen LogP contribution is -2.34. The number of rotatable bonds is 6. The van der Waals surface area contributed by atoms with Gasteiger partial charge in [-0.25, -0.2) is 13.2 Å². The van der Waals surface area contributed by atoms with Crippen LogP contribution in [0.3, 0.4) is 0 Å². The number of carbonyl (C=O) groups excluding carboxylic acids is 1. The molecule has 1 atom stereocenters. The van der Waals surface area contributed by atoms with E-state index < -0.39 is 22.0 Å². The first-order valence-electron chi connectivity index (χ1n) is 6.43. The van der Waals surface area contributed by atoms with E-state index in [1.54, 1.807) is 43.3 Å². The van der Waals surface area contributed by atoms with Crippen LogP contribution in [0.2, 0.25) is 0 Å². The van der Waals surface area contributed by atoms with Gasteiger partial charge in [0.05, 0.1) is 10.4 Å². The van der Waals surface area contributed by atoms with Crippen molar-refractivity contribution in [3.63, 3.8) is 0 Å². The Morgan fingerprint density at radius 1 is 1.27 bits per heavy atom. The fourth-order valence-electron chi connectivity index (χ4n) is 1.78. The average molecular weight is 404 g/mol. The first kappa shape index (κ1) is 17.1. The topological polar surface area (TPSA) is 72.5 Å². The van der Waals surface area contributed by atoms with E-state index in [2.05, 4.69) is 20.7 Å². The summed E-state index contributed by atoms with van der Waals surface area (Å²) in [5.41, 5.74) is 0.528. The highest BCUT2D eigenvalue weighted by molar-refractivity contribution is 9.11. The van der Waals surface area contributed by atoms with Crippen LogP contribution in [0.25, 0.3) is 0 Å². The van der Waals surface area contributed by atoms with Crippen LogP contribution in [-0.4, -0.2) is 21.0 Å². The molecule has 1 N–H and O–H groups in total. The first-order chi connectivity index (χ1) is 10.4. The summed E-state index contributed by atoms with van der Waals surface area (Å²) in [5.74, 6) is -0.632. The Kier molecular flexibility index (Phi) is 5.74. The second-order valence-electron chi connectivity index (χ2n) is 4.28. The van der Waals surface area contributed by atoms with Crippen LogP contribution in [0.5, 0.6) is 0 Å². The summed E-state index contributed by atoms with van der Waals surface area (Å²) in [6.07, 6.45) is 0. The predicted octanol–water partition coefficient (Wildman–Crippen LogP) is 3.09. The number of thiophene rings is 1. The molecule has 0 spiro atoms. The van der Waals surface area contributed by atoms with Crippen LogP contribution in [0.4, 0.5) is 0 Å². The van der Waals surface area contributed by atoms with E-state index in [9.17, 15) is 13.2 Å². The lowest BCUT2D eigenvalue weighted by atomic mass is 10.1. The molecular weight excluding hydrogens is 390 g/mol. The van der Waals surface area contributed by atoms with Gasteiger partial charge >= 0.3 is 5.97 Å². The lowest BCUT2D eigenvalue weighted by molar-refractivity contribution is -0.145. The Morgan fingerprint density at radius 2 is 1.95 bits per heavy atom. The zero-order chi connectivity index (χ0) is 16.2. The molecule has 0 fully saturated rings. The number of hydrogen-bond donors (Lipinski definition) is 1. The van der Waals surface area contributed by atoms with Gasteiger partial charge in [-0.15, -0.1) is 11.3 Å². The lowest BCUT2D eigenvalue weighted by Gasteiger charge is -2.17. The van der Waals surface area contributed by atoms with Crippen molar-refractivity contribution < 1.29 is 17.9 Å². The summed E-state index contributed by atoms with van der Waals surface area (Å²) in [6.45, 7) is 1.85. The second kappa shape index (κ2) is 7.36. The number of halogens is 1. The molecule has 0 aliphatic carbocycles. The van der Waals surface area contributed by atoms with Crippen molar-refractivity contribution in [3.8, 4) is 0 Å². The highest BCUT2D eigenvalue weighted by atomic mass is 79.9. The molecule has 0 unspecified atom stereocenters. The molecule has 0 saturated carbocycles. The van der Waals surface area contributed by atoms with Crippen LogP contribution in [0.15, 0.2) is 50.5 Å². The van der Waals surface area contributed by atoms with E-state index in [0.29, 0.717) is 9.35 Å². The normalized spacial score (nSPS) is 12.8. The van der Waals surface area contributed by atoms with Gasteiger partial charge in [-0.05, 0) is 40.5 Å². The maximum atomic E-state index is 12.4. The summed E-state index contributed by atoms with van der Waals surface area (Å²) in [6, 6.07) is 10.6. The van der Waals surface area contributed by atoms with Gasteiger partial charge in [0.2, 0.25) is 0 Å². The summed E-state index contributed by atoms with van der Waals surface area (Å²) >= 11 is 4.30. The molecule has 8 heteroatoms. The van der Waals surface area contributed by atoms with Gasteiger partial charge in [0.25, 0.3) is 10.0 Å². The molecule has 0 amide bonds. The van der Waals surface area contributed by atoms with Crippen molar-refractivity contribution in [3.05, 3.63) is 51.8 Å². The molecule has 5 nitrogen and oxygen atoms in total. The van der Waals surface area contributed by atoms with Crippen molar-refractivity contribution in [2.75, 3.05) is 6.61 Å². The Labute approximate surface area is 141 Å². The number of carbonyl (C=O) groups is 1. The molecular formula is C14H14BrNO4S2. The van der Waals surface area contributed by atoms with Gasteiger partial charge in [-0.3, -0.25) is 0 Å². The molecule has 1 aromatic heterocycles. The number of ether oxygens (including phenoxy) is 1. The van der Waals surface area contributed by atoms with Crippen LogP contribution < -0.4 is 4.72 Å². The molecule has 1 aromatic carbocycles. The van der Waals surface area contributed by atoms with E-state index in [1.165, 1.54) is 6.07 Å². The zero-order valence-corrected chi connectivity index (χ0v) is 14.9. The van der Waals surface area contributed by atoms with E-state index in [1.807, 2.05) is 0 Å². The van der Waals surface area contributed by atoms with E-state index in [4.69, 9.17) is 4.74 Å². The summed E-state index contributed by atoms with van der Waals surface area (Å²) in [5, 5.41) is 0. The quantitative estimate of drug-likeness (QED) is 0.752. The minimum Gasteiger partial charge on any atom is -0.465 e. The van der Waals surface area contributed by atoms with Gasteiger partial charge in [0.15, 0.2) is 0 Å². The van der Waals surface area contributed by atoms with Crippen molar-refractivity contribution in [1.82, 2.24) is 4.72 Å². The van der Waals surface area contributed by atoms with Gasteiger partial charge < -0.3 is 4.74 Å². The van der Waals surface area contributed by atoms with Crippen LogP contribution in [0.1, 0.15) is 18.5 Å². The maximum Gasteiger partial charge on any atom is 0.328 e. The SMILES string of the molecule is CCOC(=O)[C@H](NS(=O)(=O)c1ccc(Br)s1)c1ccccc1. The molecule has 118 valence electrons. The van der Waals surface area contributed by atoms with E-state index in [-0.39, 0.29) is 10.8 Å². The molecule has 0 aliphatic rings. The monoisotopic (exact) mass is 403 g/mol. The number of sulfonamides is 1. The first-order valence-corrected chi connectivity index (χ1v) is 9.52. The third-order valence-corrected chi connectivity index (χ3v) is 6.28. The van der Waals surface area contributed by atoms with E-state index in [0.717, 1.165) is 11.3 Å². The Balaban J connectivity index is 2.32. The van der Waals surface area contributed by atoms with Gasteiger partial charge in [-0.2, -0.15) is 4.72 Å². The standard InChI is InChI=1S/C14H14BrNO4S2/c1-2-20-14(17)13(10-6-4-3-5-7-10)16-22(18,19)12-9-8-11(15)21-12/h3-9,13,16H,2H2,1H3/t13-/m1/s1. The molecule has 2 rings (SSSR count). The third kappa shape index (κ3) is 4.16. The third-order valence-electron chi connectivity index (χ3n) is 2.74. The molecule has 2 aromatic rings. The molecule has 0 aliphatic heterocycles. The molecule has 1 heterocycles. The van der Waals surface area contributed by atoms with Crippen molar-refractivity contribution in [1.29, 1.82) is 0 Å². The van der Waals surface area contributed by atoms with Crippen molar-refractivity contribution >= 4 is 43.3 Å². The summed E-state index contributed by atoms with van der Waals surface area (Å²) in [4.78, 5) is 12.1. The fraction of sp³-hybridized carbons (Fsp3) is 0.214.